The average molecular weight is 414 g/mol. The van der Waals surface area contributed by atoms with E-state index in [2.05, 4.69) is 10.3 Å². The van der Waals surface area contributed by atoms with Crippen LogP contribution in [0.4, 0.5) is 5.82 Å². The molecule has 0 amide bonds. The Morgan fingerprint density at radius 2 is 1.97 bits per heavy atom. The van der Waals surface area contributed by atoms with Crippen molar-refractivity contribution in [2.45, 2.75) is 44.9 Å². The molecule has 0 atom stereocenters. The summed E-state index contributed by atoms with van der Waals surface area (Å²) in [6.07, 6.45) is 8.53. The summed E-state index contributed by atoms with van der Waals surface area (Å²) in [7, 11) is 0. The van der Waals surface area contributed by atoms with Gasteiger partial charge in [0.2, 0.25) is 0 Å². The van der Waals surface area contributed by atoms with Gasteiger partial charge in [-0.05, 0) is 49.8 Å². The zero-order valence-corrected chi connectivity index (χ0v) is 17.5. The summed E-state index contributed by atoms with van der Waals surface area (Å²) in [6, 6.07) is 7.82. The summed E-state index contributed by atoms with van der Waals surface area (Å²) in [5, 5.41) is 4.00. The normalized spacial score (nSPS) is 18.1. The fraction of sp³-hybridized carbons (Fsp3) is 0.522. The number of nitrogens with one attached hydrogen (secondary N) is 1. The van der Waals surface area contributed by atoms with E-state index in [1.807, 2.05) is 24.3 Å². The Hall–Kier alpha value is -1.98. The van der Waals surface area contributed by atoms with Crippen LogP contribution in [-0.2, 0) is 16.0 Å². The van der Waals surface area contributed by atoms with Crippen molar-refractivity contribution in [1.82, 2.24) is 9.97 Å². The minimum Gasteiger partial charge on any atom is -0.381 e. The summed E-state index contributed by atoms with van der Waals surface area (Å²) in [6.45, 7) is 2.58. The van der Waals surface area contributed by atoms with Crippen molar-refractivity contribution < 1.29 is 9.53 Å². The van der Waals surface area contributed by atoms with E-state index in [4.69, 9.17) is 21.3 Å². The number of aromatic nitrogens is 2. The lowest BCUT2D eigenvalue weighted by molar-refractivity contribution is -0.122. The summed E-state index contributed by atoms with van der Waals surface area (Å²) < 4.78 is 5.42. The van der Waals surface area contributed by atoms with Gasteiger partial charge in [-0.2, -0.15) is 0 Å². The predicted octanol–water partition coefficient (Wildman–Crippen LogP) is 4.94. The van der Waals surface area contributed by atoms with E-state index >= 15 is 0 Å². The Morgan fingerprint density at radius 1 is 1.17 bits per heavy atom. The maximum Gasteiger partial charge on any atom is 0.141 e. The number of anilines is 1. The number of carbonyl (C=O) groups excluding carboxylic acids is 1. The lowest BCUT2D eigenvalue weighted by atomic mass is 9.98. The van der Waals surface area contributed by atoms with E-state index in [1.165, 1.54) is 0 Å². The zero-order valence-electron chi connectivity index (χ0n) is 16.7. The van der Waals surface area contributed by atoms with Crippen molar-refractivity contribution in [1.29, 1.82) is 0 Å². The van der Waals surface area contributed by atoms with Crippen LogP contribution >= 0.6 is 11.6 Å². The second kappa shape index (κ2) is 9.68. The van der Waals surface area contributed by atoms with Gasteiger partial charge in [-0.1, -0.05) is 30.5 Å². The molecule has 0 bridgehead atoms. The molecule has 2 aliphatic rings. The standard InChI is InChI=1S/C23H28ClN3O2/c24-20-15-25-18(13-22(28)17-4-1-2-5-17)12-19(20)21-6-3-7-23(27-21)26-14-16-8-10-29-11-9-16/h3,6-7,12,15-17H,1-2,4-5,8-11,13-14H2,(H,26,27). The molecule has 1 aliphatic heterocycles. The molecule has 3 heterocycles. The molecule has 154 valence electrons. The first kappa shape index (κ1) is 20.3. The summed E-state index contributed by atoms with van der Waals surface area (Å²) >= 11 is 6.42. The lowest BCUT2D eigenvalue weighted by Crippen LogP contribution is -2.22. The molecule has 1 saturated heterocycles. The molecular weight excluding hydrogens is 386 g/mol. The number of halogens is 1. The van der Waals surface area contributed by atoms with E-state index in [0.717, 1.165) is 81.1 Å². The summed E-state index contributed by atoms with van der Waals surface area (Å²) in [5.41, 5.74) is 2.39. The van der Waals surface area contributed by atoms with E-state index in [9.17, 15) is 4.79 Å². The molecular formula is C23H28ClN3O2. The number of Topliss-reactive ketones (excluding diaryl/α,β-unsaturated/α-hetero) is 1. The van der Waals surface area contributed by atoms with Crippen LogP contribution in [0.3, 0.4) is 0 Å². The fourth-order valence-electron chi connectivity index (χ4n) is 4.23. The van der Waals surface area contributed by atoms with Crippen LogP contribution in [0.1, 0.15) is 44.2 Å². The Labute approximate surface area is 177 Å². The molecule has 0 spiro atoms. The van der Waals surface area contributed by atoms with Crippen LogP contribution in [-0.4, -0.2) is 35.5 Å². The molecule has 2 aromatic rings. The maximum atomic E-state index is 12.5. The summed E-state index contributed by atoms with van der Waals surface area (Å²) in [4.78, 5) is 21.7. The van der Waals surface area contributed by atoms with Crippen LogP contribution in [0.25, 0.3) is 11.3 Å². The van der Waals surface area contributed by atoms with Crippen LogP contribution in [0.2, 0.25) is 5.02 Å². The Bertz CT molecular complexity index is 846. The van der Waals surface area contributed by atoms with E-state index in [1.54, 1.807) is 6.20 Å². The van der Waals surface area contributed by atoms with Crippen molar-refractivity contribution in [2.75, 3.05) is 25.1 Å². The molecule has 0 radical (unpaired) electrons. The third-order valence-electron chi connectivity index (χ3n) is 6.02. The van der Waals surface area contributed by atoms with Crippen LogP contribution in [0, 0.1) is 11.8 Å². The van der Waals surface area contributed by atoms with E-state index < -0.39 is 0 Å². The zero-order chi connectivity index (χ0) is 20.1. The number of ketones is 1. The number of rotatable bonds is 7. The number of carbonyl (C=O) groups is 1. The van der Waals surface area contributed by atoms with Crippen LogP contribution in [0.15, 0.2) is 30.5 Å². The maximum absolute atomic E-state index is 12.5. The third kappa shape index (κ3) is 5.34. The highest BCUT2D eigenvalue weighted by Gasteiger charge is 2.23. The minimum absolute atomic E-state index is 0.201. The van der Waals surface area contributed by atoms with Gasteiger partial charge in [0.15, 0.2) is 0 Å². The predicted molar refractivity (Wildman–Crippen MR) is 115 cm³/mol. The van der Waals surface area contributed by atoms with Gasteiger partial charge < -0.3 is 10.1 Å². The molecule has 29 heavy (non-hydrogen) atoms. The van der Waals surface area contributed by atoms with Crippen LogP contribution in [0.5, 0.6) is 0 Å². The number of hydrogen-bond donors (Lipinski definition) is 1. The fourth-order valence-corrected chi connectivity index (χ4v) is 4.43. The van der Waals surface area contributed by atoms with Crippen LogP contribution < -0.4 is 5.32 Å². The van der Waals surface area contributed by atoms with E-state index in [0.29, 0.717) is 23.1 Å². The van der Waals surface area contributed by atoms with Crippen molar-refractivity contribution in [2.24, 2.45) is 11.8 Å². The van der Waals surface area contributed by atoms with Gasteiger partial charge >= 0.3 is 0 Å². The number of nitrogens with zero attached hydrogens (tertiary/aromatic N) is 2. The first-order valence-electron chi connectivity index (χ1n) is 10.7. The van der Waals surface area contributed by atoms with Gasteiger partial charge in [0.1, 0.15) is 11.6 Å². The molecule has 1 N–H and O–H groups in total. The SMILES string of the molecule is O=C(Cc1cc(-c2cccc(NCC3CCOCC3)n2)c(Cl)cn1)C1CCCC1. The topological polar surface area (TPSA) is 64.1 Å². The second-order valence-corrected chi connectivity index (χ2v) is 8.53. The molecule has 1 aliphatic carbocycles. The molecule has 0 unspecified atom stereocenters. The molecule has 2 aromatic heterocycles. The van der Waals surface area contributed by atoms with Crippen molar-refractivity contribution in [3.05, 3.63) is 41.2 Å². The minimum atomic E-state index is 0.201. The number of hydrogen-bond acceptors (Lipinski definition) is 5. The Morgan fingerprint density at radius 3 is 2.76 bits per heavy atom. The third-order valence-corrected chi connectivity index (χ3v) is 6.32. The van der Waals surface area contributed by atoms with Crippen molar-refractivity contribution in [3.63, 3.8) is 0 Å². The first-order chi connectivity index (χ1) is 14.2. The van der Waals surface area contributed by atoms with Gasteiger partial charge in [0.25, 0.3) is 0 Å². The van der Waals surface area contributed by atoms with Gasteiger partial charge in [-0.15, -0.1) is 0 Å². The van der Waals surface area contributed by atoms with Gasteiger partial charge in [0, 0.05) is 49.6 Å². The Balaban J connectivity index is 1.46. The largest absolute Gasteiger partial charge is 0.381 e. The molecule has 6 heteroatoms. The molecule has 2 fully saturated rings. The number of ether oxygens (including phenoxy) is 1. The molecule has 0 aromatic carbocycles. The molecule has 1 saturated carbocycles. The monoisotopic (exact) mass is 413 g/mol. The smallest absolute Gasteiger partial charge is 0.141 e. The number of pyridine rings is 2. The molecule has 5 nitrogen and oxygen atoms in total. The highest BCUT2D eigenvalue weighted by Crippen LogP contribution is 2.30. The van der Waals surface area contributed by atoms with Gasteiger partial charge in [-0.25, -0.2) is 4.98 Å². The average Bonchev–Trinajstić information content (AvgIpc) is 3.30. The highest BCUT2D eigenvalue weighted by molar-refractivity contribution is 6.33. The van der Waals surface area contributed by atoms with E-state index in [-0.39, 0.29) is 5.92 Å². The first-order valence-corrected chi connectivity index (χ1v) is 11.0. The van der Waals surface area contributed by atoms with Gasteiger partial charge in [0.05, 0.1) is 10.7 Å². The van der Waals surface area contributed by atoms with Crippen molar-refractivity contribution in [3.8, 4) is 11.3 Å². The molecule has 4 rings (SSSR count). The highest BCUT2D eigenvalue weighted by atomic mass is 35.5. The van der Waals surface area contributed by atoms with Crippen molar-refractivity contribution >= 4 is 23.2 Å². The lowest BCUT2D eigenvalue weighted by Gasteiger charge is -2.22. The quantitative estimate of drug-likeness (QED) is 0.696. The van der Waals surface area contributed by atoms with Gasteiger partial charge in [-0.3, -0.25) is 9.78 Å². The summed E-state index contributed by atoms with van der Waals surface area (Å²) in [5.74, 6) is 1.95. The second-order valence-electron chi connectivity index (χ2n) is 8.12. The Kier molecular flexibility index (Phi) is 6.78.